The first-order valence-corrected chi connectivity index (χ1v) is 11.3. The fraction of sp³-hybridized carbons (Fsp3) is 0.611. The van der Waals surface area contributed by atoms with Gasteiger partial charge in [0.1, 0.15) is 15.6 Å². The molecule has 1 fully saturated rings. The van der Waals surface area contributed by atoms with E-state index in [1.807, 2.05) is 25.1 Å². The van der Waals surface area contributed by atoms with E-state index in [9.17, 15) is 13.5 Å². The second-order valence-electron chi connectivity index (χ2n) is 6.44. The Morgan fingerprint density at radius 3 is 2.56 bits per heavy atom. The minimum Gasteiger partial charge on any atom is -0.506 e. The minimum atomic E-state index is -2.99. The molecule has 1 aliphatic heterocycles. The van der Waals surface area contributed by atoms with Gasteiger partial charge >= 0.3 is 0 Å². The predicted octanol–water partition coefficient (Wildman–Crippen LogP) is 0.541. The Labute approximate surface area is 161 Å². The SMILES string of the molecule is CCNC(=NCCOCCS(C)(=O)=O)N1CCN(c2ccccc2O)CC1. The van der Waals surface area contributed by atoms with Crippen LogP contribution in [0.4, 0.5) is 5.69 Å². The zero-order chi connectivity index (χ0) is 19.7. The van der Waals surface area contributed by atoms with E-state index < -0.39 is 9.84 Å². The topological polar surface area (TPSA) is 94.5 Å². The maximum absolute atomic E-state index is 11.1. The molecular weight excluding hydrogens is 368 g/mol. The highest BCUT2D eigenvalue weighted by Crippen LogP contribution is 2.27. The molecule has 27 heavy (non-hydrogen) atoms. The Morgan fingerprint density at radius 1 is 1.22 bits per heavy atom. The first-order valence-electron chi connectivity index (χ1n) is 9.22. The van der Waals surface area contributed by atoms with Crippen LogP contribution in [-0.4, -0.2) is 88.9 Å². The molecule has 0 aromatic heterocycles. The number of phenols is 1. The van der Waals surface area contributed by atoms with Crippen molar-refractivity contribution in [2.45, 2.75) is 6.92 Å². The third-order valence-corrected chi connectivity index (χ3v) is 5.14. The van der Waals surface area contributed by atoms with Crippen LogP contribution in [-0.2, 0) is 14.6 Å². The summed E-state index contributed by atoms with van der Waals surface area (Å²) >= 11 is 0. The lowest BCUT2D eigenvalue weighted by molar-refractivity contribution is 0.157. The van der Waals surface area contributed by atoms with Crippen LogP contribution in [0.15, 0.2) is 29.3 Å². The van der Waals surface area contributed by atoms with E-state index >= 15 is 0 Å². The molecular formula is C18H30N4O4S. The lowest BCUT2D eigenvalue weighted by atomic mass is 10.2. The largest absolute Gasteiger partial charge is 0.506 e. The van der Waals surface area contributed by atoms with Crippen LogP contribution in [0.5, 0.6) is 5.75 Å². The number of nitrogens with one attached hydrogen (secondary N) is 1. The number of aromatic hydroxyl groups is 1. The maximum atomic E-state index is 11.1. The third-order valence-electron chi connectivity index (χ3n) is 4.23. The summed E-state index contributed by atoms with van der Waals surface area (Å²) in [6.45, 7) is 7.06. The lowest BCUT2D eigenvalue weighted by Gasteiger charge is -2.37. The Balaban J connectivity index is 1.82. The van der Waals surface area contributed by atoms with Crippen LogP contribution in [0.1, 0.15) is 6.92 Å². The summed E-state index contributed by atoms with van der Waals surface area (Å²) in [5.74, 6) is 1.17. The Hall–Kier alpha value is -2.00. The van der Waals surface area contributed by atoms with Gasteiger partial charge in [0.2, 0.25) is 0 Å². The highest BCUT2D eigenvalue weighted by Gasteiger charge is 2.21. The average Bonchev–Trinajstić information content (AvgIpc) is 2.63. The second-order valence-corrected chi connectivity index (χ2v) is 8.70. The first kappa shape index (κ1) is 21.3. The zero-order valence-electron chi connectivity index (χ0n) is 16.1. The molecule has 0 radical (unpaired) electrons. The first-order chi connectivity index (χ1) is 12.9. The molecule has 9 heteroatoms. The normalized spacial score (nSPS) is 15.9. The van der Waals surface area contributed by atoms with Crippen molar-refractivity contribution in [3.8, 4) is 5.75 Å². The Bertz CT molecular complexity index is 716. The summed E-state index contributed by atoms with van der Waals surface area (Å²) in [6.07, 6.45) is 1.20. The molecule has 2 N–H and O–H groups in total. The summed E-state index contributed by atoms with van der Waals surface area (Å²) in [6, 6.07) is 7.38. The quantitative estimate of drug-likeness (QED) is 0.375. The monoisotopic (exact) mass is 398 g/mol. The number of benzene rings is 1. The van der Waals surface area contributed by atoms with Crippen molar-refractivity contribution in [3.05, 3.63) is 24.3 Å². The molecule has 1 aromatic rings. The van der Waals surface area contributed by atoms with Gasteiger partial charge in [0.15, 0.2) is 5.96 Å². The Kier molecular flexibility index (Phi) is 8.18. The number of aliphatic imine (C=N–C) groups is 1. The number of guanidine groups is 1. The van der Waals surface area contributed by atoms with Gasteiger partial charge in [-0.1, -0.05) is 12.1 Å². The number of nitrogens with zero attached hydrogens (tertiary/aromatic N) is 3. The number of hydrogen-bond acceptors (Lipinski definition) is 6. The molecule has 0 saturated carbocycles. The van der Waals surface area contributed by atoms with E-state index in [0.29, 0.717) is 18.9 Å². The molecule has 8 nitrogen and oxygen atoms in total. The van der Waals surface area contributed by atoms with Gasteiger partial charge in [-0.2, -0.15) is 0 Å². The smallest absolute Gasteiger partial charge is 0.194 e. The van der Waals surface area contributed by atoms with Crippen LogP contribution in [0.2, 0.25) is 0 Å². The standard InChI is InChI=1S/C18H30N4O4S/c1-3-19-18(20-8-13-26-14-15-27(2,24)25)22-11-9-21(10-12-22)16-6-4-5-7-17(16)23/h4-7,23H,3,8-15H2,1-2H3,(H,19,20). The summed E-state index contributed by atoms with van der Waals surface area (Å²) in [4.78, 5) is 8.94. The van der Waals surface area contributed by atoms with Gasteiger partial charge in [0.25, 0.3) is 0 Å². The van der Waals surface area contributed by atoms with Crippen molar-refractivity contribution in [1.82, 2.24) is 10.2 Å². The number of phenolic OH excluding ortho intramolecular Hbond substituents is 1. The highest BCUT2D eigenvalue weighted by atomic mass is 32.2. The molecule has 0 amide bonds. The van der Waals surface area contributed by atoms with Gasteiger partial charge in [-0.3, -0.25) is 4.99 Å². The summed E-state index contributed by atoms with van der Waals surface area (Å²) in [7, 11) is -2.99. The Morgan fingerprint density at radius 2 is 1.93 bits per heavy atom. The summed E-state index contributed by atoms with van der Waals surface area (Å²) in [5.41, 5.74) is 0.860. The molecule has 1 heterocycles. The van der Waals surface area contributed by atoms with Crippen molar-refractivity contribution in [2.24, 2.45) is 4.99 Å². The molecule has 2 rings (SSSR count). The molecule has 1 aromatic carbocycles. The van der Waals surface area contributed by atoms with Gasteiger partial charge in [0, 0.05) is 39.0 Å². The van der Waals surface area contributed by atoms with E-state index in [-0.39, 0.29) is 12.4 Å². The van der Waals surface area contributed by atoms with Gasteiger partial charge < -0.3 is 25.0 Å². The minimum absolute atomic E-state index is 0.0328. The molecule has 0 spiro atoms. The number of anilines is 1. The third kappa shape index (κ3) is 7.26. The molecule has 1 saturated heterocycles. The van der Waals surface area contributed by atoms with Crippen LogP contribution in [0, 0.1) is 0 Å². The fourth-order valence-corrected chi connectivity index (χ4v) is 3.27. The number of ether oxygens (including phenoxy) is 1. The van der Waals surface area contributed by atoms with E-state index in [2.05, 4.69) is 20.1 Å². The zero-order valence-corrected chi connectivity index (χ0v) is 16.9. The van der Waals surface area contributed by atoms with E-state index in [0.717, 1.165) is 44.4 Å². The molecule has 152 valence electrons. The second kappa shape index (κ2) is 10.4. The number of para-hydroxylation sites is 2. The summed E-state index contributed by atoms with van der Waals surface area (Å²) in [5, 5.41) is 13.3. The summed E-state index contributed by atoms with van der Waals surface area (Å²) < 4.78 is 27.5. The van der Waals surface area contributed by atoms with Crippen molar-refractivity contribution < 1.29 is 18.3 Å². The van der Waals surface area contributed by atoms with E-state index in [1.165, 1.54) is 6.26 Å². The van der Waals surface area contributed by atoms with Gasteiger partial charge in [-0.05, 0) is 19.1 Å². The van der Waals surface area contributed by atoms with Gasteiger partial charge in [-0.25, -0.2) is 8.42 Å². The van der Waals surface area contributed by atoms with Crippen LogP contribution in [0.25, 0.3) is 0 Å². The van der Waals surface area contributed by atoms with Gasteiger partial charge in [-0.15, -0.1) is 0 Å². The van der Waals surface area contributed by atoms with Crippen LogP contribution >= 0.6 is 0 Å². The fourth-order valence-electron chi connectivity index (χ4n) is 2.85. The molecule has 0 bridgehead atoms. The van der Waals surface area contributed by atoms with Gasteiger partial charge in [0.05, 0.1) is 31.2 Å². The number of hydrogen-bond donors (Lipinski definition) is 2. The number of sulfone groups is 1. The van der Waals surface area contributed by atoms with E-state index in [4.69, 9.17) is 4.74 Å². The number of piperazine rings is 1. The van der Waals surface area contributed by atoms with Crippen molar-refractivity contribution in [1.29, 1.82) is 0 Å². The highest BCUT2D eigenvalue weighted by molar-refractivity contribution is 7.90. The van der Waals surface area contributed by atoms with Crippen LogP contribution < -0.4 is 10.2 Å². The average molecular weight is 399 g/mol. The lowest BCUT2D eigenvalue weighted by Crippen LogP contribution is -2.52. The van der Waals surface area contributed by atoms with Crippen molar-refractivity contribution >= 4 is 21.5 Å². The van der Waals surface area contributed by atoms with Crippen molar-refractivity contribution in [2.75, 3.05) is 69.4 Å². The maximum Gasteiger partial charge on any atom is 0.194 e. The van der Waals surface area contributed by atoms with Crippen molar-refractivity contribution in [3.63, 3.8) is 0 Å². The molecule has 1 aliphatic rings. The molecule has 0 aliphatic carbocycles. The molecule has 0 atom stereocenters. The van der Waals surface area contributed by atoms with Crippen LogP contribution in [0.3, 0.4) is 0 Å². The predicted molar refractivity (Wildman–Crippen MR) is 108 cm³/mol. The van der Waals surface area contributed by atoms with E-state index in [1.54, 1.807) is 6.07 Å². The number of rotatable bonds is 8. The molecule has 0 unspecified atom stereocenters.